The number of aromatic nitrogens is 1. The summed E-state index contributed by atoms with van der Waals surface area (Å²) in [5, 5.41) is 60.6. The van der Waals surface area contributed by atoms with Crippen molar-refractivity contribution >= 4 is 75.7 Å². The van der Waals surface area contributed by atoms with E-state index in [1.165, 1.54) is 53.4 Å². The number of carboxylic acids is 1. The van der Waals surface area contributed by atoms with Crippen molar-refractivity contribution in [1.29, 1.82) is 0 Å². The van der Waals surface area contributed by atoms with Crippen molar-refractivity contribution in [3.05, 3.63) is 95.7 Å². The number of carbonyl (C=O) groups is 11. The van der Waals surface area contributed by atoms with E-state index in [-0.39, 0.29) is 73.2 Å². The van der Waals surface area contributed by atoms with Gasteiger partial charge >= 0.3 is 5.97 Å². The van der Waals surface area contributed by atoms with Crippen molar-refractivity contribution in [2.45, 2.75) is 219 Å². The number of phenols is 2. The summed E-state index contributed by atoms with van der Waals surface area (Å²) in [4.78, 5) is 153. The molecule has 3 aromatic carbocycles. The van der Waals surface area contributed by atoms with Gasteiger partial charge in [-0.1, -0.05) is 122 Å². The van der Waals surface area contributed by atoms with Crippen LogP contribution in [0.5, 0.6) is 11.5 Å². The van der Waals surface area contributed by atoms with Crippen LogP contribution in [0.4, 0.5) is 0 Å². The average Bonchev–Trinajstić information content (AvgIpc) is 1.72. The van der Waals surface area contributed by atoms with E-state index in [9.17, 15) is 73.2 Å². The molecular weight excluding hydrogens is 1270 g/mol. The summed E-state index contributed by atoms with van der Waals surface area (Å²) in [6.45, 7) is 9.86. The molecule has 0 spiro atoms. The number of aliphatic hydroxyl groups is 1. The molecule has 4 aromatic rings. The molecule has 2 aliphatic heterocycles. The van der Waals surface area contributed by atoms with Gasteiger partial charge in [0.15, 0.2) is 0 Å². The summed E-state index contributed by atoms with van der Waals surface area (Å²) in [7, 11) is 0. The van der Waals surface area contributed by atoms with Crippen molar-refractivity contribution in [2.24, 2.45) is 29.4 Å². The lowest BCUT2D eigenvalue weighted by Gasteiger charge is -2.30. The topological polar surface area (TPSA) is 398 Å². The molecule has 0 bridgehead atoms. The summed E-state index contributed by atoms with van der Waals surface area (Å²) < 4.78 is 0. The second-order valence-electron chi connectivity index (χ2n) is 26.9. The monoisotopic (exact) mass is 1380 g/mol. The number of phenolic OH excluding ortho intramolecular Hbond substituents is 2. The molecule has 8 amide bonds. The van der Waals surface area contributed by atoms with Gasteiger partial charge in [-0.3, -0.25) is 43.2 Å². The predicted molar refractivity (Wildman–Crippen MR) is 375 cm³/mol. The number of amides is 8. The molecular formula is C74H108N10O15. The maximum atomic E-state index is 14.8. The molecule has 3 unspecified atom stereocenters. The minimum absolute atomic E-state index is 0.00770. The smallest absolute Gasteiger partial charge is 0.326 e. The van der Waals surface area contributed by atoms with Crippen LogP contribution in [0.25, 0.3) is 10.9 Å². The molecule has 25 heteroatoms. The van der Waals surface area contributed by atoms with Gasteiger partial charge in [0.2, 0.25) is 47.3 Å². The first-order valence-electron chi connectivity index (χ1n) is 35.5. The van der Waals surface area contributed by atoms with Gasteiger partial charge in [-0.15, -0.1) is 0 Å². The van der Waals surface area contributed by atoms with Crippen molar-refractivity contribution in [2.75, 3.05) is 32.8 Å². The maximum Gasteiger partial charge on any atom is 0.326 e. The number of carboxylic acid groups (broad SMARTS) is 1. The molecule has 99 heavy (non-hydrogen) atoms. The molecule has 6 rings (SSSR count). The Kier molecular flexibility index (Phi) is 35.1. The number of Topliss-reactive ketones (excluding diaryl/α,β-unsaturated/α-hetero) is 2. The number of ketones is 2. The third-order valence-electron chi connectivity index (χ3n) is 18.3. The van der Waals surface area contributed by atoms with E-state index in [0.29, 0.717) is 61.0 Å². The maximum absolute atomic E-state index is 14.8. The summed E-state index contributed by atoms with van der Waals surface area (Å²) in [5.74, 6) is -7.80. The highest BCUT2D eigenvalue weighted by Crippen LogP contribution is 2.26. The number of nitrogens with one attached hydrogen (secondary N) is 8. The third-order valence-corrected chi connectivity index (χ3v) is 18.3. The Labute approximate surface area is 581 Å². The SMILES string of the molecule is CC[C@H]1CCCCCCCCCN(CC(=O)N[C@@H](Cc2ccc(O)cc2)C(=O)O)C(=O)[C@H](CC(C)C)NC(=O)C(Cc2ccc(O)cc2)NC(=O)[C@H](CCC(N)=O)NC(=O)C(CO)NC(=O)[C@H](Cc2c[nH]c3ccccc23)NC1=O.CC[C@H]1CCCCNCCCCC(CC(C)=O)C1=O. The first-order chi connectivity index (χ1) is 47.4. The second kappa shape index (κ2) is 43.0. The number of H-pyrrole nitrogens is 1. The number of nitrogens with zero attached hydrogens (tertiary/aromatic N) is 1. The zero-order valence-electron chi connectivity index (χ0n) is 58.4. The van der Waals surface area contributed by atoms with Crippen LogP contribution >= 0.6 is 0 Å². The van der Waals surface area contributed by atoms with Gasteiger partial charge < -0.3 is 78.1 Å². The number of aromatic amines is 1. The lowest BCUT2D eigenvalue weighted by atomic mass is 9.82. The van der Waals surface area contributed by atoms with Gasteiger partial charge in [0.05, 0.1) is 13.2 Å². The number of primary amides is 1. The Morgan fingerprint density at radius 1 is 0.606 bits per heavy atom. The zero-order chi connectivity index (χ0) is 72.4. The first kappa shape index (κ1) is 81.0. The second-order valence-corrected chi connectivity index (χ2v) is 26.9. The third kappa shape index (κ3) is 28.6. The van der Waals surface area contributed by atoms with E-state index < -0.39 is 115 Å². The van der Waals surface area contributed by atoms with Crippen LogP contribution in [0.3, 0.4) is 0 Å². The van der Waals surface area contributed by atoms with E-state index in [4.69, 9.17) is 5.73 Å². The Balaban J connectivity index is 0.000000800. The van der Waals surface area contributed by atoms with Crippen molar-refractivity contribution < 1.29 is 73.2 Å². The molecule has 3 heterocycles. The molecule has 1 aromatic heterocycles. The minimum Gasteiger partial charge on any atom is -0.508 e. The molecule has 0 aliphatic carbocycles. The number of aromatic hydroxyl groups is 2. The molecule has 25 nitrogen and oxygen atoms in total. The number of nitrogens with two attached hydrogens (primary N) is 1. The van der Waals surface area contributed by atoms with E-state index in [0.717, 1.165) is 94.6 Å². The van der Waals surface area contributed by atoms with Crippen LogP contribution < -0.4 is 43.0 Å². The van der Waals surface area contributed by atoms with Crippen LogP contribution in [-0.4, -0.2) is 164 Å². The van der Waals surface area contributed by atoms with E-state index >= 15 is 0 Å². The standard InChI is InChI=1S/C58H79N9O13.C16H29NO2/c1-4-38-14-10-8-6-5-7-9-13-27-67(33-51(72)61-48(58(79)80)30-37-19-23-41(70)24-20-37)57(78)47(28-35(2)3)65-54(75)45(29-36-17-21-40(69)22-18-36)64-53(74)44(25-26-50(59)71)62-56(77)49(34-68)66-55(76)46(63-52(38)73)31-39-32-60-43-16-12-11-15-42(39)43;1-3-14-8-4-6-10-17-11-7-5-9-15(16(14)19)12-13(2)18/h11-12,15-24,32,35,38,44-49,60,68-70H,4-10,13-14,25-31,33-34H2,1-3H3,(H2,59,71)(H,61,72)(H,62,77)(H,63,73)(H,64,74)(H,65,75)(H,66,76)(H,79,80);14-15,17H,3-12H2,1-2H3/t38-,44-,45?,46-,47-,48-,49?;14-,15?/m00/s1. The average molecular weight is 1380 g/mol. The highest BCUT2D eigenvalue weighted by molar-refractivity contribution is 5.98. The molecule has 9 atom stereocenters. The van der Waals surface area contributed by atoms with Gasteiger partial charge in [0, 0.05) is 73.5 Å². The molecule has 544 valence electrons. The fourth-order valence-corrected chi connectivity index (χ4v) is 12.7. The highest BCUT2D eigenvalue weighted by Gasteiger charge is 2.36. The molecule has 0 radical (unpaired) electrons. The fourth-order valence-electron chi connectivity index (χ4n) is 12.7. The van der Waals surface area contributed by atoms with Crippen molar-refractivity contribution in [1.82, 2.24) is 47.1 Å². The number of aliphatic carboxylic acids is 1. The van der Waals surface area contributed by atoms with Gasteiger partial charge in [-0.05, 0) is 137 Å². The van der Waals surface area contributed by atoms with Crippen LogP contribution in [-0.2, 0) is 72.0 Å². The molecule has 0 saturated carbocycles. The van der Waals surface area contributed by atoms with Gasteiger partial charge in [0.25, 0.3) is 0 Å². The Morgan fingerprint density at radius 2 is 1.12 bits per heavy atom. The molecule has 14 N–H and O–H groups in total. The Morgan fingerprint density at radius 3 is 1.72 bits per heavy atom. The highest BCUT2D eigenvalue weighted by atomic mass is 16.4. The van der Waals surface area contributed by atoms with E-state index in [2.05, 4.69) is 49.1 Å². The normalized spacial score (nSPS) is 22.7. The number of benzene rings is 3. The van der Waals surface area contributed by atoms with Gasteiger partial charge in [-0.25, -0.2) is 4.79 Å². The molecule has 2 fully saturated rings. The number of fused-ring (bicyclic) bond motifs is 1. The zero-order valence-corrected chi connectivity index (χ0v) is 58.4. The van der Waals surface area contributed by atoms with E-state index in [1.54, 1.807) is 13.1 Å². The van der Waals surface area contributed by atoms with Crippen LogP contribution in [0, 0.1) is 23.7 Å². The molecule has 2 aliphatic rings. The van der Waals surface area contributed by atoms with Gasteiger partial charge in [0.1, 0.15) is 59.3 Å². The summed E-state index contributed by atoms with van der Waals surface area (Å²) >= 11 is 0. The lowest BCUT2D eigenvalue weighted by molar-refractivity contribution is -0.143. The number of hydrogen-bond donors (Lipinski definition) is 13. The van der Waals surface area contributed by atoms with Crippen LogP contribution in [0.15, 0.2) is 79.0 Å². The number of para-hydroxylation sites is 1. The predicted octanol–water partition coefficient (Wildman–Crippen LogP) is 6.01. The van der Waals surface area contributed by atoms with Crippen LogP contribution in [0.1, 0.15) is 180 Å². The summed E-state index contributed by atoms with van der Waals surface area (Å²) in [6.07, 6.45) is 14.3. The van der Waals surface area contributed by atoms with Crippen LogP contribution in [0.2, 0.25) is 0 Å². The largest absolute Gasteiger partial charge is 0.508 e. The summed E-state index contributed by atoms with van der Waals surface area (Å²) in [5.41, 5.74) is 7.97. The molecule has 2 saturated heterocycles. The van der Waals surface area contributed by atoms with Gasteiger partial charge in [-0.2, -0.15) is 0 Å². The number of aliphatic hydroxyl groups excluding tert-OH is 1. The lowest BCUT2D eigenvalue weighted by Crippen LogP contribution is -2.60. The van der Waals surface area contributed by atoms with Crippen molar-refractivity contribution in [3.8, 4) is 11.5 Å². The number of carbonyl (C=O) groups excluding carboxylic acids is 10. The quantitative estimate of drug-likeness (QED) is 0.0481. The minimum atomic E-state index is -1.68. The summed E-state index contributed by atoms with van der Waals surface area (Å²) in [6, 6.07) is 10.3. The van der Waals surface area contributed by atoms with Crippen molar-refractivity contribution in [3.63, 3.8) is 0 Å². The fraction of sp³-hybridized carbons (Fsp3) is 0.581. The number of rotatable bonds is 20. The Hall–Kier alpha value is -8.71. The number of hydrogen-bond acceptors (Lipinski definition) is 15. The Bertz CT molecular complexity index is 3270. The van der Waals surface area contributed by atoms with E-state index in [1.807, 2.05) is 45.0 Å². The first-order valence-corrected chi connectivity index (χ1v) is 35.5.